The Balaban J connectivity index is 1.18. The number of hydrogen-bond donors (Lipinski definition) is 0. The number of thiophene rings is 1. The molecule has 9 aromatic rings. The molecule has 9 rings (SSSR count). The van der Waals surface area contributed by atoms with E-state index >= 15 is 0 Å². The summed E-state index contributed by atoms with van der Waals surface area (Å²) in [6.07, 6.45) is 1.82. The number of fused-ring (bicyclic) bond motifs is 6. The van der Waals surface area contributed by atoms with Crippen LogP contribution in [0.5, 0.6) is 0 Å². The van der Waals surface area contributed by atoms with E-state index in [-0.39, 0.29) is 0 Å². The molecule has 0 unspecified atom stereocenters. The quantitative estimate of drug-likeness (QED) is 0.198. The fourth-order valence-electron chi connectivity index (χ4n) is 6.35. The molecular weight excluding hydrogens is 569 g/mol. The molecule has 0 amide bonds. The first kappa shape index (κ1) is 25.8. The van der Waals surface area contributed by atoms with Gasteiger partial charge in [-0.2, -0.15) is 0 Å². The fourth-order valence-corrected chi connectivity index (χ4v) is 7.49. The van der Waals surface area contributed by atoms with Crippen molar-refractivity contribution < 1.29 is 4.42 Å². The smallest absolute Gasteiger partial charge is 0.161 e. The molecule has 6 aromatic carbocycles. The van der Waals surface area contributed by atoms with E-state index in [1.54, 1.807) is 0 Å². The molecule has 0 aliphatic heterocycles. The van der Waals surface area contributed by atoms with Crippen molar-refractivity contribution in [2.24, 2.45) is 0 Å². The minimum Gasteiger partial charge on any atom is -0.452 e. The van der Waals surface area contributed by atoms with Crippen molar-refractivity contribution in [2.45, 2.75) is 0 Å². The summed E-state index contributed by atoms with van der Waals surface area (Å²) in [7, 11) is 0. The number of nitrogens with zero attached hydrogens (tertiary/aromatic N) is 2. The zero-order valence-corrected chi connectivity index (χ0v) is 25.0. The first-order valence-electron chi connectivity index (χ1n) is 15.0. The van der Waals surface area contributed by atoms with Crippen LogP contribution in [0, 0.1) is 0 Å². The van der Waals surface area contributed by atoms with Gasteiger partial charge in [-0.05, 0) is 76.9 Å². The number of pyridine rings is 1. The molecule has 45 heavy (non-hydrogen) atoms. The summed E-state index contributed by atoms with van der Waals surface area (Å²) in [6.45, 7) is 0. The Hall–Kier alpha value is -5.71. The van der Waals surface area contributed by atoms with Gasteiger partial charge in [0.05, 0.1) is 5.69 Å². The van der Waals surface area contributed by atoms with Gasteiger partial charge in [0.25, 0.3) is 0 Å². The summed E-state index contributed by atoms with van der Waals surface area (Å²) in [5.74, 6) is 0. The third kappa shape index (κ3) is 4.38. The molecule has 3 aromatic heterocycles. The van der Waals surface area contributed by atoms with Crippen molar-refractivity contribution in [1.82, 2.24) is 4.98 Å². The molecule has 0 fully saturated rings. The van der Waals surface area contributed by atoms with E-state index in [0.717, 1.165) is 39.1 Å². The average molecular weight is 595 g/mol. The third-order valence-corrected chi connectivity index (χ3v) is 9.68. The van der Waals surface area contributed by atoms with Crippen LogP contribution in [0.1, 0.15) is 0 Å². The van der Waals surface area contributed by atoms with Gasteiger partial charge in [-0.1, -0.05) is 97.1 Å². The predicted octanol–water partition coefficient (Wildman–Crippen LogP) is 12.2. The summed E-state index contributed by atoms with van der Waals surface area (Å²) >= 11 is 1.83. The molecule has 3 nitrogen and oxygen atoms in total. The highest BCUT2D eigenvalue weighted by Crippen LogP contribution is 2.44. The topological polar surface area (TPSA) is 29.3 Å². The lowest BCUT2D eigenvalue weighted by atomic mass is 10.00. The van der Waals surface area contributed by atoms with Crippen LogP contribution < -0.4 is 4.90 Å². The Labute approximate surface area is 264 Å². The first-order valence-corrected chi connectivity index (χ1v) is 15.9. The zero-order chi connectivity index (χ0) is 29.7. The van der Waals surface area contributed by atoms with E-state index in [4.69, 9.17) is 4.42 Å². The van der Waals surface area contributed by atoms with Gasteiger partial charge in [0.2, 0.25) is 0 Å². The van der Waals surface area contributed by atoms with Crippen molar-refractivity contribution in [3.05, 3.63) is 158 Å². The molecule has 0 radical (unpaired) electrons. The van der Waals surface area contributed by atoms with Crippen molar-refractivity contribution in [2.75, 3.05) is 4.90 Å². The van der Waals surface area contributed by atoms with Crippen LogP contribution in [0.15, 0.2) is 162 Å². The zero-order valence-electron chi connectivity index (χ0n) is 24.2. The largest absolute Gasteiger partial charge is 0.452 e. The molecule has 3 heterocycles. The Morgan fingerprint density at radius 2 is 1.13 bits per heavy atom. The molecule has 0 N–H and O–H groups in total. The predicted molar refractivity (Wildman–Crippen MR) is 190 cm³/mol. The standard InChI is InChI=1S/C41H26N2OS/c1-2-8-27(9-3-1)28-15-17-29(18-16-28)30-19-21-31(22-20-30)43(32-23-24-34-33-10-4-5-14-38(33)45-39(34)26-32)36-12-6-11-35-40-37(44-41(35)36)13-7-25-42-40/h1-26H. The number of para-hydroxylation sites is 1. The number of rotatable bonds is 5. The third-order valence-electron chi connectivity index (χ3n) is 8.54. The van der Waals surface area contributed by atoms with Gasteiger partial charge in [-0.15, -0.1) is 11.3 Å². The maximum atomic E-state index is 6.48. The Bertz CT molecular complexity index is 2480. The normalized spacial score (nSPS) is 11.6. The second-order valence-corrected chi connectivity index (χ2v) is 12.3. The van der Waals surface area contributed by atoms with Crippen molar-refractivity contribution in [3.8, 4) is 22.3 Å². The van der Waals surface area contributed by atoms with Crippen LogP contribution in [0.25, 0.3) is 64.5 Å². The molecular formula is C41H26N2OS. The maximum absolute atomic E-state index is 6.48. The van der Waals surface area contributed by atoms with Crippen LogP contribution >= 0.6 is 11.3 Å². The van der Waals surface area contributed by atoms with Crippen LogP contribution in [0.3, 0.4) is 0 Å². The highest BCUT2D eigenvalue weighted by atomic mass is 32.1. The molecule has 0 saturated heterocycles. The Kier molecular flexibility index (Phi) is 6.00. The Morgan fingerprint density at radius 1 is 0.489 bits per heavy atom. The molecule has 4 heteroatoms. The number of anilines is 3. The highest BCUT2D eigenvalue weighted by molar-refractivity contribution is 7.25. The van der Waals surface area contributed by atoms with Gasteiger partial charge in [0.15, 0.2) is 11.2 Å². The first-order chi connectivity index (χ1) is 22.3. The monoisotopic (exact) mass is 594 g/mol. The molecule has 212 valence electrons. The Morgan fingerprint density at radius 3 is 1.93 bits per heavy atom. The van der Waals surface area contributed by atoms with E-state index in [0.29, 0.717) is 0 Å². The molecule has 0 aliphatic rings. The van der Waals surface area contributed by atoms with E-state index in [1.807, 2.05) is 29.7 Å². The van der Waals surface area contributed by atoms with Crippen LogP contribution in [0.4, 0.5) is 17.1 Å². The van der Waals surface area contributed by atoms with Crippen LogP contribution in [-0.2, 0) is 0 Å². The number of furan rings is 1. The van der Waals surface area contributed by atoms with Crippen LogP contribution in [-0.4, -0.2) is 4.98 Å². The number of hydrogen-bond acceptors (Lipinski definition) is 4. The van der Waals surface area contributed by atoms with E-state index in [2.05, 4.69) is 149 Å². The SMILES string of the molecule is c1ccc(-c2ccc(-c3ccc(N(c4ccc5c(c4)sc4ccccc45)c4cccc5c4oc4cccnc45)cc3)cc2)cc1. The lowest BCUT2D eigenvalue weighted by Crippen LogP contribution is -2.10. The molecule has 0 aliphatic carbocycles. The molecule has 0 spiro atoms. The summed E-state index contributed by atoms with van der Waals surface area (Å²) in [6, 6.07) is 53.7. The lowest BCUT2D eigenvalue weighted by Gasteiger charge is -2.26. The van der Waals surface area contributed by atoms with E-state index in [9.17, 15) is 0 Å². The average Bonchev–Trinajstić information content (AvgIpc) is 3.68. The van der Waals surface area contributed by atoms with Crippen LogP contribution in [0.2, 0.25) is 0 Å². The van der Waals surface area contributed by atoms with Gasteiger partial charge in [0.1, 0.15) is 5.52 Å². The fraction of sp³-hybridized carbons (Fsp3) is 0. The second-order valence-electron chi connectivity index (χ2n) is 11.2. The number of benzene rings is 6. The highest BCUT2D eigenvalue weighted by Gasteiger charge is 2.20. The van der Waals surface area contributed by atoms with Gasteiger partial charge in [-0.3, -0.25) is 4.98 Å². The van der Waals surface area contributed by atoms with Gasteiger partial charge in [-0.25, -0.2) is 0 Å². The second kappa shape index (κ2) is 10.5. The van der Waals surface area contributed by atoms with Gasteiger partial charge in [0, 0.05) is 43.1 Å². The molecule has 0 bridgehead atoms. The van der Waals surface area contributed by atoms with Crippen molar-refractivity contribution >= 4 is 70.6 Å². The summed E-state index contributed by atoms with van der Waals surface area (Å²) in [4.78, 5) is 6.94. The summed E-state index contributed by atoms with van der Waals surface area (Å²) in [5.41, 5.74) is 10.4. The minimum atomic E-state index is 0.786. The van der Waals surface area contributed by atoms with Crippen molar-refractivity contribution in [3.63, 3.8) is 0 Å². The minimum absolute atomic E-state index is 0.786. The lowest BCUT2D eigenvalue weighted by molar-refractivity contribution is 0.668. The maximum Gasteiger partial charge on any atom is 0.161 e. The molecule has 0 saturated carbocycles. The van der Waals surface area contributed by atoms with Gasteiger partial charge < -0.3 is 9.32 Å². The van der Waals surface area contributed by atoms with Crippen molar-refractivity contribution in [1.29, 1.82) is 0 Å². The summed E-state index contributed by atoms with van der Waals surface area (Å²) in [5, 5.41) is 3.58. The molecule has 0 atom stereocenters. The van der Waals surface area contributed by atoms with Gasteiger partial charge >= 0.3 is 0 Å². The van der Waals surface area contributed by atoms with E-state index < -0.39 is 0 Å². The van der Waals surface area contributed by atoms with E-state index in [1.165, 1.54) is 42.4 Å². The number of aromatic nitrogens is 1. The summed E-state index contributed by atoms with van der Waals surface area (Å²) < 4.78 is 9.03.